The molecule has 0 aliphatic carbocycles. The van der Waals surface area contributed by atoms with Gasteiger partial charge in [-0.3, -0.25) is 0 Å². The Balaban J connectivity index is -0.0000000973. The van der Waals surface area contributed by atoms with Crippen molar-refractivity contribution in [2.45, 2.75) is 53.1 Å². The summed E-state index contributed by atoms with van der Waals surface area (Å²) >= 11 is 0. The molecule has 3 nitrogen and oxygen atoms in total. The molecule has 0 saturated carbocycles. The van der Waals surface area contributed by atoms with Crippen LogP contribution in [0.4, 0.5) is 0 Å². The minimum atomic E-state index is -0.480. The summed E-state index contributed by atoms with van der Waals surface area (Å²) in [7, 11) is -0.480. The molecule has 0 heterocycles. The molecule has 0 spiro atoms. The van der Waals surface area contributed by atoms with Crippen LogP contribution in [0.15, 0.2) is 24.3 Å². The summed E-state index contributed by atoms with van der Waals surface area (Å²) in [6, 6.07) is 8.67. The Morgan fingerprint density at radius 3 is 1.10 bits per heavy atom. The molecule has 21 heavy (non-hydrogen) atoms. The SMILES string of the molecule is CCCO.CCCO.CCCO.C[SiH](C)[c-]1cccc1.[Hf]. The normalized spacial score (nSPS) is 8.24. The van der Waals surface area contributed by atoms with E-state index in [0.717, 1.165) is 19.3 Å². The fraction of sp³-hybridized carbons (Fsp3) is 0.688. The molecular formula is C16H35HfO3Si-. The fourth-order valence-corrected chi connectivity index (χ4v) is 1.77. The van der Waals surface area contributed by atoms with Crippen LogP contribution >= 0.6 is 0 Å². The number of hydrogen-bond donors (Lipinski definition) is 3. The van der Waals surface area contributed by atoms with Crippen molar-refractivity contribution >= 4 is 14.0 Å². The van der Waals surface area contributed by atoms with Crippen LogP contribution in [0.5, 0.6) is 0 Å². The van der Waals surface area contributed by atoms with E-state index in [0.29, 0.717) is 19.8 Å². The van der Waals surface area contributed by atoms with Gasteiger partial charge in [-0.2, -0.15) is 17.3 Å². The van der Waals surface area contributed by atoms with Gasteiger partial charge in [0.25, 0.3) is 0 Å². The first-order chi connectivity index (χ1) is 9.55. The maximum atomic E-state index is 7.88. The van der Waals surface area contributed by atoms with Crippen molar-refractivity contribution in [3.05, 3.63) is 24.3 Å². The van der Waals surface area contributed by atoms with Crippen molar-refractivity contribution in [2.75, 3.05) is 19.8 Å². The molecule has 0 aromatic heterocycles. The summed E-state index contributed by atoms with van der Waals surface area (Å²) in [5.41, 5.74) is 0. The molecule has 0 aliphatic heterocycles. The van der Waals surface area contributed by atoms with Gasteiger partial charge in [0.2, 0.25) is 0 Å². The molecular weight excluding hydrogens is 447 g/mol. The molecule has 1 rings (SSSR count). The number of hydrogen-bond acceptors (Lipinski definition) is 3. The van der Waals surface area contributed by atoms with E-state index in [1.54, 1.807) is 5.19 Å². The molecule has 1 aromatic carbocycles. The summed E-state index contributed by atoms with van der Waals surface area (Å²) in [5, 5.41) is 25.2. The maximum absolute atomic E-state index is 7.88. The molecule has 0 radical (unpaired) electrons. The second-order valence-corrected chi connectivity index (χ2v) is 7.52. The third-order valence-corrected chi connectivity index (χ3v) is 3.74. The Kier molecular flexibility index (Phi) is 39.8. The first-order valence-electron chi connectivity index (χ1n) is 7.59. The molecule has 3 N–H and O–H groups in total. The van der Waals surface area contributed by atoms with Crippen molar-refractivity contribution in [3.63, 3.8) is 0 Å². The van der Waals surface area contributed by atoms with Crippen LogP contribution < -0.4 is 5.19 Å². The van der Waals surface area contributed by atoms with Gasteiger partial charge in [0, 0.05) is 54.5 Å². The van der Waals surface area contributed by atoms with Gasteiger partial charge >= 0.3 is 0 Å². The van der Waals surface area contributed by atoms with Gasteiger partial charge in [-0.15, -0.1) is 0 Å². The van der Waals surface area contributed by atoms with E-state index >= 15 is 0 Å². The zero-order valence-corrected chi connectivity index (χ0v) is 19.2. The second-order valence-electron chi connectivity index (χ2n) is 4.54. The summed E-state index contributed by atoms with van der Waals surface area (Å²) in [6.45, 7) is 11.4. The van der Waals surface area contributed by atoms with E-state index in [2.05, 4.69) is 37.4 Å². The molecule has 0 unspecified atom stereocenters. The predicted octanol–water partition coefficient (Wildman–Crippen LogP) is 2.26. The first-order valence-corrected chi connectivity index (χ1v) is 10.5. The van der Waals surface area contributed by atoms with E-state index < -0.39 is 8.80 Å². The van der Waals surface area contributed by atoms with Crippen LogP contribution in [-0.4, -0.2) is 43.9 Å². The number of aliphatic hydroxyl groups excluding tert-OH is 3. The van der Waals surface area contributed by atoms with Crippen LogP contribution in [0.3, 0.4) is 0 Å². The Morgan fingerprint density at radius 1 is 0.762 bits per heavy atom. The molecule has 1 aromatic rings. The monoisotopic (exact) mass is 483 g/mol. The molecule has 0 saturated heterocycles. The van der Waals surface area contributed by atoms with Gasteiger partial charge in [0.15, 0.2) is 0 Å². The Bertz CT molecular complexity index is 214. The molecule has 5 heteroatoms. The summed E-state index contributed by atoms with van der Waals surface area (Å²) in [5.74, 6) is 0. The molecule has 0 atom stereocenters. The zero-order valence-electron chi connectivity index (χ0n) is 14.5. The molecule has 0 aliphatic rings. The Labute approximate surface area is 152 Å². The third kappa shape index (κ3) is 33.3. The second kappa shape index (κ2) is 28.5. The quantitative estimate of drug-likeness (QED) is 0.456. The van der Waals surface area contributed by atoms with Crippen molar-refractivity contribution in [2.24, 2.45) is 0 Å². The van der Waals surface area contributed by atoms with E-state index in [-0.39, 0.29) is 25.8 Å². The van der Waals surface area contributed by atoms with Gasteiger partial charge in [0.1, 0.15) is 0 Å². The van der Waals surface area contributed by atoms with E-state index in [1.165, 1.54) is 0 Å². The van der Waals surface area contributed by atoms with E-state index in [4.69, 9.17) is 15.3 Å². The van der Waals surface area contributed by atoms with Gasteiger partial charge < -0.3 is 15.3 Å². The Morgan fingerprint density at radius 2 is 1.00 bits per heavy atom. The van der Waals surface area contributed by atoms with Crippen LogP contribution in [0.25, 0.3) is 0 Å². The predicted molar refractivity (Wildman–Crippen MR) is 92.7 cm³/mol. The van der Waals surface area contributed by atoms with Crippen LogP contribution in [0.1, 0.15) is 40.0 Å². The van der Waals surface area contributed by atoms with Crippen LogP contribution in [0, 0.1) is 0 Å². The summed E-state index contributed by atoms with van der Waals surface area (Å²) < 4.78 is 0. The average molecular weight is 482 g/mol. The third-order valence-electron chi connectivity index (χ3n) is 2.03. The van der Waals surface area contributed by atoms with Gasteiger partial charge in [-0.25, -0.2) is 12.1 Å². The minimum Gasteiger partial charge on any atom is -0.396 e. The van der Waals surface area contributed by atoms with Crippen LogP contribution in [0.2, 0.25) is 13.1 Å². The number of rotatable bonds is 4. The van der Waals surface area contributed by atoms with Crippen molar-refractivity contribution < 1.29 is 41.2 Å². The topological polar surface area (TPSA) is 60.7 Å². The van der Waals surface area contributed by atoms with E-state index in [1.807, 2.05) is 20.8 Å². The first kappa shape index (κ1) is 29.3. The van der Waals surface area contributed by atoms with Crippen molar-refractivity contribution in [1.82, 2.24) is 0 Å². The van der Waals surface area contributed by atoms with Crippen molar-refractivity contribution in [1.29, 1.82) is 0 Å². The molecule has 126 valence electrons. The standard InChI is InChI=1S/C7H11Si.3C3H8O.Hf/c1-8(2)7-5-3-4-6-7;3*1-2-3-4;/h3-6,8H,1-2H3;3*4H,2-3H2,1H3;/q-1;;;;. The molecule has 0 amide bonds. The summed E-state index contributed by atoms with van der Waals surface area (Å²) in [4.78, 5) is 0. The minimum absolute atomic E-state index is 0. The van der Waals surface area contributed by atoms with Gasteiger partial charge in [0.05, 0.1) is 0 Å². The average Bonchev–Trinajstić information content (AvgIpc) is 3.02. The largest absolute Gasteiger partial charge is 0.396 e. The summed E-state index contributed by atoms with van der Waals surface area (Å²) in [6.07, 6.45) is 2.62. The zero-order chi connectivity index (χ0) is 16.2. The van der Waals surface area contributed by atoms with E-state index in [9.17, 15) is 0 Å². The van der Waals surface area contributed by atoms with Gasteiger partial charge in [-0.1, -0.05) is 33.9 Å². The fourth-order valence-electron chi connectivity index (χ4n) is 0.774. The number of aliphatic hydroxyl groups is 3. The maximum Gasteiger partial charge on any atom is 0.0428 e. The van der Waals surface area contributed by atoms with Crippen LogP contribution in [-0.2, 0) is 25.8 Å². The van der Waals surface area contributed by atoms with Crippen molar-refractivity contribution in [3.8, 4) is 0 Å². The Hall–Kier alpha value is 0.317. The smallest absolute Gasteiger partial charge is 0.0428 e. The molecule has 0 bridgehead atoms. The van der Waals surface area contributed by atoms with Gasteiger partial charge in [-0.05, 0) is 19.3 Å². The molecule has 0 fully saturated rings.